The van der Waals surface area contributed by atoms with E-state index in [4.69, 9.17) is 9.47 Å². The predicted octanol–water partition coefficient (Wildman–Crippen LogP) is 2.93. The lowest BCUT2D eigenvalue weighted by Crippen LogP contribution is -2.30. The molecule has 0 saturated heterocycles. The van der Waals surface area contributed by atoms with Crippen LogP contribution in [0.3, 0.4) is 0 Å². The molecule has 2 aromatic carbocycles. The molecule has 1 unspecified atom stereocenters. The highest BCUT2D eigenvalue weighted by Crippen LogP contribution is 2.38. The zero-order chi connectivity index (χ0) is 16.9. The number of hydrogen-bond donors (Lipinski definition) is 0. The molecule has 1 atom stereocenters. The monoisotopic (exact) mass is 322 g/mol. The first-order chi connectivity index (χ1) is 11.8. The molecular weight excluding hydrogens is 304 g/mol. The van der Waals surface area contributed by atoms with Crippen molar-refractivity contribution in [1.29, 1.82) is 5.26 Å². The molecule has 5 nitrogen and oxygen atoms in total. The van der Waals surface area contributed by atoms with E-state index in [-0.39, 0.29) is 5.91 Å². The Balaban J connectivity index is 1.86. The van der Waals surface area contributed by atoms with E-state index in [0.717, 1.165) is 5.56 Å². The molecule has 122 valence electrons. The average molecular weight is 322 g/mol. The van der Waals surface area contributed by atoms with Crippen LogP contribution in [-0.2, 0) is 11.3 Å². The van der Waals surface area contributed by atoms with E-state index in [9.17, 15) is 10.1 Å². The van der Waals surface area contributed by atoms with E-state index in [0.29, 0.717) is 36.6 Å². The maximum absolute atomic E-state index is 12.7. The Labute approximate surface area is 141 Å². The second-order valence-corrected chi connectivity index (χ2v) is 5.52. The molecule has 0 aliphatic carbocycles. The predicted molar refractivity (Wildman–Crippen MR) is 88.5 cm³/mol. The molecule has 1 amide bonds. The van der Waals surface area contributed by atoms with Gasteiger partial charge in [-0.05, 0) is 11.6 Å². The third-order valence-corrected chi connectivity index (χ3v) is 4.04. The molecule has 1 aliphatic rings. The molecule has 0 fully saturated rings. The maximum Gasteiger partial charge on any atom is 0.259 e. The molecule has 0 saturated carbocycles. The number of carbonyl (C=O) groups excluding carboxylic acids is 1. The summed E-state index contributed by atoms with van der Waals surface area (Å²) in [6, 6.07) is 16.8. The Kier molecular flexibility index (Phi) is 4.78. The fraction of sp³-hybridized carbons (Fsp3) is 0.263. The minimum absolute atomic E-state index is 0.183. The van der Waals surface area contributed by atoms with Crippen LogP contribution in [-0.4, -0.2) is 31.1 Å². The normalized spacial score (nSPS) is 15.9. The Morgan fingerprint density at radius 3 is 2.67 bits per heavy atom. The van der Waals surface area contributed by atoms with Gasteiger partial charge < -0.3 is 14.4 Å². The number of rotatable bonds is 6. The van der Waals surface area contributed by atoms with E-state index in [1.807, 2.05) is 42.5 Å². The third kappa shape index (κ3) is 2.97. The summed E-state index contributed by atoms with van der Waals surface area (Å²) in [4.78, 5) is 14.3. The minimum Gasteiger partial charge on any atom is -0.488 e. The van der Waals surface area contributed by atoms with Gasteiger partial charge in [0, 0.05) is 19.2 Å². The van der Waals surface area contributed by atoms with Crippen molar-refractivity contribution < 1.29 is 14.3 Å². The number of ether oxygens (including phenoxy) is 2. The third-order valence-electron chi connectivity index (χ3n) is 4.04. The van der Waals surface area contributed by atoms with E-state index in [1.54, 1.807) is 13.2 Å². The van der Waals surface area contributed by atoms with Crippen molar-refractivity contribution in [1.82, 2.24) is 4.90 Å². The summed E-state index contributed by atoms with van der Waals surface area (Å²) < 4.78 is 10.9. The van der Waals surface area contributed by atoms with Crippen LogP contribution < -0.4 is 4.74 Å². The average Bonchev–Trinajstić information content (AvgIpc) is 2.91. The fourth-order valence-electron chi connectivity index (χ4n) is 2.85. The van der Waals surface area contributed by atoms with Crippen molar-refractivity contribution in [2.24, 2.45) is 0 Å². The van der Waals surface area contributed by atoms with Crippen LogP contribution in [0, 0.1) is 11.3 Å². The summed E-state index contributed by atoms with van der Waals surface area (Å²) in [7, 11) is 1.57. The van der Waals surface area contributed by atoms with E-state index >= 15 is 0 Å². The summed E-state index contributed by atoms with van der Waals surface area (Å²) >= 11 is 0. The smallest absolute Gasteiger partial charge is 0.259 e. The zero-order valence-electron chi connectivity index (χ0n) is 13.4. The first-order valence-corrected chi connectivity index (χ1v) is 7.75. The lowest BCUT2D eigenvalue weighted by atomic mass is 10.0. The lowest BCUT2D eigenvalue weighted by Gasteiger charge is -2.19. The minimum atomic E-state index is -0.595. The number of fused-ring (bicyclic) bond motifs is 1. The highest BCUT2D eigenvalue weighted by molar-refractivity contribution is 6.02. The Bertz CT molecular complexity index is 768. The van der Waals surface area contributed by atoms with Crippen molar-refractivity contribution in [2.45, 2.75) is 12.6 Å². The molecule has 0 aromatic heterocycles. The molecule has 24 heavy (non-hydrogen) atoms. The van der Waals surface area contributed by atoms with Crippen molar-refractivity contribution in [3.63, 3.8) is 0 Å². The highest BCUT2D eigenvalue weighted by Gasteiger charge is 2.38. The van der Waals surface area contributed by atoms with Gasteiger partial charge in [0.25, 0.3) is 5.91 Å². The van der Waals surface area contributed by atoms with Gasteiger partial charge in [-0.25, -0.2) is 0 Å². The molecule has 0 bridgehead atoms. The Hall–Kier alpha value is -2.84. The van der Waals surface area contributed by atoms with Crippen LogP contribution in [0.4, 0.5) is 0 Å². The fourth-order valence-corrected chi connectivity index (χ4v) is 2.85. The Morgan fingerprint density at radius 2 is 1.96 bits per heavy atom. The van der Waals surface area contributed by atoms with Crippen LogP contribution in [0.1, 0.15) is 27.5 Å². The van der Waals surface area contributed by atoms with E-state index in [1.165, 1.54) is 4.90 Å². The SMILES string of the molecule is COCCN1C(=O)c2c(OCc3ccccc3)cccc2C1C#N. The van der Waals surface area contributed by atoms with Crippen LogP contribution >= 0.6 is 0 Å². The summed E-state index contributed by atoms with van der Waals surface area (Å²) in [5.74, 6) is 0.332. The topological polar surface area (TPSA) is 62.6 Å². The summed E-state index contributed by atoms with van der Waals surface area (Å²) in [5.41, 5.74) is 2.20. The van der Waals surface area contributed by atoms with Crippen molar-refractivity contribution in [3.05, 3.63) is 65.2 Å². The van der Waals surface area contributed by atoms with Crippen LogP contribution in [0.15, 0.2) is 48.5 Å². The summed E-state index contributed by atoms with van der Waals surface area (Å²) in [6.07, 6.45) is 0. The largest absolute Gasteiger partial charge is 0.488 e. The molecule has 3 rings (SSSR count). The number of nitriles is 1. The zero-order valence-corrected chi connectivity index (χ0v) is 13.4. The number of amides is 1. The van der Waals surface area contributed by atoms with Crippen LogP contribution in [0.5, 0.6) is 5.75 Å². The standard InChI is InChI=1S/C19H18N2O3/c1-23-11-10-21-16(12-20)15-8-5-9-17(18(15)19(21)22)24-13-14-6-3-2-4-7-14/h2-9,16H,10-11,13H2,1H3. The molecule has 5 heteroatoms. The van der Waals surface area contributed by atoms with E-state index in [2.05, 4.69) is 6.07 Å². The van der Waals surface area contributed by atoms with Gasteiger partial charge in [0.2, 0.25) is 0 Å². The molecule has 2 aromatic rings. The van der Waals surface area contributed by atoms with Crippen molar-refractivity contribution in [3.8, 4) is 11.8 Å². The van der Waals surface area contributed by atoms with Crippen molar-refractivity contribution >= 4 is 5.91 Å². The summed E-state index contributed by atoms with van der Waals surface area (Å²) in [6.45, 7) is 1.14. The van der Waals surface area contributed by atoms with E-state index < -0.39 is 6.04 Å². The maximum atomic E-state index is 12.7. The second kappa shape index (κ2) is 7.16. The van der Waals surface area contributed by atoms with Gasteiger partial charge in [-0.15, -0.1) is 0 Å². The van der Waals surface area contributed by atoms with Gasteiger partial charge >= 0.3 is 0 Å². The molecule has 1 heterocycles. The first-order valence-electron chi connectivity index (χ1n) is 7.75. The molecular formula is C19H18N2O3. The van der Waals surface area contributed by atoms with Gasteiger partial charge in [-0.2, -0.15) is 5.26 Å². The molecule has 0 radical (unpaired) electrons. The highest BCUT2D eigenvalue weighted by atomic mass is 16.5. The van der Waals surface area contributed by atoms with Gasteiger partial charge in [0.15, 0.2) is 0 Å². The van der Waals surface area contributed by atoms with Gasteiger partial charge in [0.1, 0.15) is 18.4 Å². The quantitative estimate of drug-likeness (QED) is 0.820. The number of benzene rings is 2. The summed E-state index contributed by atoms with van der Waals surface area (Å²) in [5, 5.41) is 9.47. The van der Waals surface area contributed by atoms with Crippen LogP contribution in [0.25, 0.3) is 0 Å². The molecule has 1 aliphatic heterocycles. The lowest BCUT2D eigenvalue weighted by molar-refractivity contribution is 0.0690. The van der Waals surface area contributed by atoms with Gasteiger partial charge in [0.05, 0.1) is 18.2 Å². The second-order valence-electron chi connectivity index (χ2n) is 5.52. The van der Waals surface area contributed by atoms with Gasteiger partial charge in [-0.3, -0.25) is 4.79 Å². The number of carbonyl (C=O) groups is 1. The molecule has 0 N–H and O–H groups in total. The van der Waals surface area contributed by atoms with Crippen molar-refractivity contribution in [2.75, 3.05) is 20.3 Å². The number of methoxy groups -OCH3 is 1. The first kappa shape index (κ1) is 16.0. The number of nitrogens with zero attached hydrogens (tertiary/aromatic N) is 2. The van der Waals surface area contributed by atoms with Crippen LogP contribution in [0.2, 0.25) is 0 Å². The number of hydrogen-bond acceptors (Lipinski definition) is 4. The molecule has 0 spiro atoms. The van der Waals surface area contributed by atoms with Gasteiger partial charge in [-0.1, -0.05) is 42.5 Å². The Morgan fingerprint density at radius 1 is 1.17 bits per heavy atom.